The molecule has 1 amide bonds. The number of nitro groups is 1. The normalized spacial score (nSPS) is 10.7. The van der Waals surface area contributed by atoms with Crippen molar-refractivity contribution in [3.63, 3.8) is 0 Å². The highest BCUT2D eigenvalue weighted by atomic mass is 35.5. The summed E-state index contributed by atoms with van der Waals surface area (Å²) in [4.78, 5) is 22.4. The zero-order chi connectivity index (χ0) is 19.3. The first-order valence-corrected chi connectivity index (χ1v) is 7.74. The molecular weight excluding hydrogens is 381 g/mol. The van der Waals surface area contributed by atoms with Crippen LogP contribution in [0.25, 0.3) is 0 Å². The molecule has 2 rings (SSSR count). The second kappa shape index (κ2) is 8.20. The van der Waals surface area contributed by atoms with E-state index in [1.165, 1.54) is 30.3 Å². The monoisotopic (exact) mass is 391 g/mol. The van der Waals surface area contributed by atoms with Crippen LogP contribution in [0.15, 0.2) is 48.2 Å². The van der Waals surface area contributed by atoms with Crippen LogP contribution in [0.1, 0.15) is 0 Å². The van der Waals surface area contributed by atoms with Crippen LogP contribution in [0, 0.1) is 21.4 Å². The molecule has 0 aliphatic heterocycles. The topological polar surface area (TPSA) is 134 Å². The van der Waals surface area contributed by atoms with Crippen LogP contribution in [0.4, 0.5) is 22.7 Å². The van der Waals surface area contributed by atoms with E-state index in [1.807, 2.05) is 0 Å². The van der Waals surface area contributed by atoms with Crippen molar-refractivity contribution in [2.24, 2.45) is 0 Å². The zero-order valence-corrected chi connectivity index (χ0v) is 14.5. The van der Waals surface area contributed by atoms with Gasteiger partial charge in [0, 0.05) is 24.0 Å². The van der Waals surface area contributed by atoms with Gasteiger partial charge in [0.05, 0.1) is 26.3 Å². The molecule has 0 aliphatic carbocycles. The lowest BCUT2D eigenvalue weighted by molar-refractivity contribution is -0.384. The van der Waals surface area contributed by atoms with Gasteiger partial charge in [-0.15, -0.1) is 0 Å². The molecule has 0 saturated heterocycles. The maximum absolute atomic E-state index is 12.2. The number of hydrogen-bond donors (Lipinski definition) is 3. The van der Waals surface area contributed by atoms with Crippen molar-refractivity contribution in [2.75, 3.05) is 16.4 Å². The second-order valence-electron chi connectivity index (χ2n) is 4.93. The fourth-order valence-corrected chi connectivity index (χ4v) is 2.27. The number of nitrogen functional groups attached to an aromatic ring is 1. The summed E-state index contributed by atoms with van der Waals surface area (Å²) in [7, 11) is 0. The molecule has 0 spiro atoms. The average molecular weight is 392 g/mol. The number of nitriles is 1. The molecule has 0 aromatic heterocycles. The number of carbonyl (C=O) groups excluding carboxylic acids is 1. The van der Waals surface area contributed by atoms with E-state index in [0.717, 1.165) is 6.20 Å². The van der Waals surface area contributed by atoms with E-state index < -0.39 is 10.8 Å². The molecule has 0 unspecified atom stereocenters. The van der Waals surface area contributed by atoms with Crippen molar-refractivity contribution < 1.29 is 9.72 Å². The highest BCUT2D eigenvalue weighted by Crippen LogP contribution is 2.27. The Balaban J connectivity index is 2.20. The first-order chi connectivity index (χ1) is 12.3. The van der Waals surface area contributed by atoms with E-state index in [9.17, 15) is 14.9 Å². The van der Waals surface area contributed by atoms with Gasteiger partial charge in [-0.3, -0.25) is 14.9 Å². The number of hydrogen-bond acceptors (Lipinski definition) is 6. The minimum Gasteiger partial charge on any atom is -0.399 e. The van der Waals surface area contributed by atoms with Crippen LogP contribution in [0.5, 0.6) is 0 Å². The minimum atomic E-state index is -0.728. The van der Waals surface area contributed by atoms with Crippen LogP contribution < -0.4 is 16.4 Å². The van der Waals surface area contributed by atoms with Crippen molar-refractivity contribution in [1.29, 1.82) is 5.26 Å². The first-order valence-electron chi connectivity index (χ1n) is 6.99. The Bertz CT molecular complexity index is 953. The predicted octanol–water partition coefficient (Wildman–Crippen LogP) is 3.94. The summed E-state index contributed by atoms with van der Waals surface area (Å²) in [6, 6.07) is 9.96. The standard InChI is InChI=1S/C16H11Cl2N5O3/c17-12-3-2-11(23(25)26)6-15(12)21-8-9(7-19)16(24)22-14-4-1-10(20)5-13(14)18/h1-6,8,21H,20H2,(H,22,24)/b9-8-. The number of benzene rings is 2. The molecule has 10 heteroatoms. The molecule has 0 heterocycles. The van der Waals surface area contributed by atoms with Gasteiger partial charge in [0.1, 0.15) is 11.6 Å². The molecule has 0 saturated carbocycles. The van der Waals surface area contributed by atoms with E-state index in [2.05, 4.69) is 10.6 Å². The molecule has 0 bridgehead atoms. The van der Waals surface area contributed by atoms with E-state index in [0.29, 0.717) is 5.69 Å². The third-order valence-electron chi connectivity index (χ3n) is 3.14. The summed E-state index contributed by atoms with van der Waals surface area (Å²) in [5.74, 6) is -0.728. The number of rotatable bonds is 5. The lowest BCUT2D eigenvalue weighted by Crippen LogP contribution is -2.15. The van der Waals surface area contributed by atoms with Gasteiger partial charge in [0.2, 0.25) is 0 Å². The summed E-state index contributed by atoms with van der Waals surface area (Å²) in [6.45, 7) is 0. The number of carbonyl (C=O) groups is 1. The largest absolute Gasteiger partial charge is 0.399 e. The van der Waals surface area contributed by atoms with Crippen LogP contribution in [-0.2, 0) is 4.79 Å². The number of nitrogens with zero attached hydrogens (tertiary/aromatic N) is 2. The van der Waals surface area contributed by atoms with Crippen molar-refractivity contribution in [3.8, 4) is 6.07 Å². The fraction of sp³-hybridized carbons (Fsp3) is 0. The van der Waals surface area contributed by atoms with Crippen molar-refractivity contribution in [3.05, 3.63) is 68.3 Å². The van der Waals surface area contributed by atoms with E-state index in [4.69, 9.17) is 34.2 Å². The second-order valence-corrected chi connectivity index (χ2v) is 5.74. The van der Waals surface area contributed by atoms with Gasteiger partial charge >= 0.3 is 0 Å². The predicted molar refractivity (Wildman–Crippen MR) is 99.9 cm³/mol. The lowest BCUT2D eigenvalue weighted by Gasteiger charge is -2.08. The van der Waals surface area contributed by atoms with Gasteiger partial charge in [-0.1, -0.05) is 23.2 Å². The Hall–Kier alpha value is -3.28. The number of nitro benzene ring substituents is 1. The van der Waals surface area contributed by atoms with Crippen LogP contribution in [-0.4, -0.2) is 10.8 Å². The summed E-state index contributed by atoms with van der Waals surface area (Å²) in [5.41, 5.74) is 5.96. The lowest BCUT2D eigenvalue weighted by atomic mass is 10.2. The molecule has 0 atom stereocenters. The molecule has 4 N–H and O–H groups in total. The average Bonchev–Trinajstić information content (AvgIpc) is 2.59. The molecule has 0 fully saturated rings. The number of nitrogens with two attached hydrogens (primary N) is 1. The highest BCUT2D eigenvalue weighted by molar-refractivity contribution is 6.34. The number of amides is 1. The summed E-state index contributed by atoms with van der Waals surface area (Å²) in [6.07, 6.45) is 1.09. The van der Waals surface area contributed by atoms with Crippen molar-refractivity contribution in [1.82, 2.24) is 0 Å². The third kappa shape index (κ3) is 4.63. The molecule has 2 aromatic carbocycles. The van der Waals surface area contributed by atoms with E-state index >= 15 is 0 Å². The molecule has 2 aromatic rings. The SMILES string of the molecule is N#C/C(=C/Nc1cc([N+](=O)[O-])ccc1Cl)C(=O)Nc1ccc(N)cc1Cl. The van der Waals surface area contributed by atoms with Gasteiger partial charge < -0.3 is 16.4 Å². The Labute approximate surface area is 158 Å². The number of anilines is 3. The Morgan fingerprint density at radius 2 is 1.92 bits per heavy atom. The first kappa shape index (κ1) is 19.1. The smallest absolute Gasteiger partial charge is 0.271 e. The maximum Gasteiger partial charge on any atom is 0.271 e. The van der Waals surface area contributed by atoms with Crippen molar-refractivity contribution in [2.45, 2.75) is 0 Å². The highest BCUT2D eigenvalue weighted by Gasteiger charge is 2.13. The van der Waals surface area contributed by atoms with Gasteiger partial charge in [-0.05, 0) is 24.3 Å². The van der Waals surface area contributed by atoms with Gasteiger partial charge in [-0.2, -0.15) is 5.26 Å². The van der Waals surface area contributed by atoms with Gasteiger partial charge in [-0.25, -0.2) is 0 Å². The van der Waals surface area contributed by atoms with Gasteiger partial charge in [0.15, 0.2) is 0 Å². The fourth-order valence-electron chi connectivity index (χ4n) is 1.86. The Morgan fingerprint density at radius 1 is 1.19 bits per heavy atom. The molecule has 26 heavy (non-hydrogen) atoms. The van der Waals surface area contributed by atoms with Crippen LogP contribution in [0.3, 0.4) is 0 Å². The molecule has 0 radical (unpaired) electrons. The Morgan fingerprint density at radius 3 is 2.54 bits per heavy atom. The van der Waals surface area contributed by atoms with Gasteiger partial charge in [0.25, 0.3) is 11.6 Å². The maximum atomic E-state index is 12.2. The summed E-state index contributed by atoms with van der Waals surface area (Å²) >= 11 is 11.9. The quantitative estimate of drug-likeness (QED) is 0.232. The van der Waals surface area contributed by atoms with Crippen LogP contribution in [0.2, 0.25) is 10.0 Å². The number of halogens is 2. The number of nitrogens with one attached hydrogen (secondary N) is 2. The molecule has 0 aliphatic rings. The van der Waals surface area contributed by atoms with Crippen molar-refractivity contribution >= 4 is 51.9 Å². The van der Waals surface area contributed by atoms with E-state index in [-0.39, 0.29) is 32.7 Å². The van der Waals surface area contributed by atoms with Crippen LogP contribution >= 0.6 is 23.2 Å². The summed E-state index contributed by atoms with van der Waals surface area (Å²) < 4.78 is 0. The number of non-ortho nitro benzene ring substituents is 1. The third-order valence-corrected chi connectivity index (χ3v) is 3.78. The molecule has 8 nitrogen and oxygen atoms in total. The summed E-state index contributed by atoms with van der Waals surface area (Å²) in [5, 5.41) is 25.5. The minimum absolute atomic E-state index is 0.173. The Kier molecular flexibility index (Phi) is 6.01. The molecule has 132 valence electrons. The molecular formula is C16H11Cl2N5O3. The van der Waals surface area contributed by atoms with E-state index in [1.54, 1.807) is 12.1 Å². The zero-order valence-electron chi connectivity index (χ0n) is 13.0.